The molecule has 5 nitrogen and oxygen atoms in total. The van der Waals surface area contributed by atoms with Crippen molar-refractivity contribution in [3.63, 3.8) is 0 Å². The minimum atomic E-state index is -0.0206. The molecule has 3 heterocycles. The molecule has 0 aromatic carbocycles. The van der Waals surface area contributed by atoms with Gasteiger partial charge in [0.25, 0.3) is 5.56 Å². The molecule has 0 saturated carbocycles. The van der Waals surface area contributed by atoms with E-state index in [1.54, 1.807) is 33.6 Å². The van der Waals surface area contributed by atoms with Gasteiger partial charge in [-0.2, -0.15) is 0 Å². The Bertz CT molecular complexity index is 789. The number of aryl methyl sites for hydroxylation is 2. The van der Waals surface area contributed by atoms with Crippen LogP contribution < -0.4 is 5.56 Å². The first-order chi connectivity index (χ1) is 9.13. The SMILES string of the molecule is Cc1nnc(SCc2cc(=O)n3c(C)csc3n2)s1. The van der Waals surface area contributed by atoms with Gasteiger partial charge in [-0.1, -0.05) is 23.1 Å². The Labute approximate surface area is 121 Å². The van der Waals surface area contributed by atoms with Crippen LogP contribution in [-0.2, 0) is 5.75 Å². The van der Waals surface area contributed by atoms with Gasteiger partial charge in [0.2, 0.25) is 0 Å². The highest BCUT2D eigenvalue weighted by Gasteiger charge is 2.08. The number of rotatable bonds is 3. The highest BCUT2D eigenvalue weighted by molar-refractivity contribution is 8.00. The molecule has 0 spiro atoms. The van der Waals surface area contributed by atoms with Crippen molar-refractivity contribution >= 4 is 39.4 Å². The molecule has 8 heteroatoms. The lowest BCUT2D eigenvalue weighted by Crippen LogP contribution is -2.14. The lowest BCUT2D eigenvalue weighted by Gasteiger charge is -1.99. The Balaban J connectivity index is 1.87. The van der Waals surface area contributed by atoms with Crippen molar-refractivity contribution in [2.45, 2.75) is 23.9 Å². The van der Waals surface area contributed by atoms with Crippen molar-refractivity contribution < 1.29 is 0 Å². The van der Waals surface area contributed by atoms with Gasteiger partial charge in [-0.05, 0) is 13.8 Å². The molecular formula is C11H10N4OS3. The summed E-state index contributed by atoms with van der Waals surface area (Å²) in [7, 11) is 0. The summed E-state index contributed by atoms with van der Waals surface area (Å²) in [5.41, 5.74) is 1.69. The predicted molar refractivity (Wildman–Crippen MR) is 78.3 cm³/mol. The fraction of sp³-hybridized carbons (Fsp3) is 0.273. The molecule has 0 radical (unpaired) electrons. The van der Waals surface area contributed by atoms with E-state index in [0.717, 1.165) is 25.7 Å². The van der Waals surface area contributed by atoms with E-state index in [9.17, 15) is 4.79 Å². The van der Waals surface area contributed by atoms with Crippen molar-refractivity contribution in [2.75, 3.05) is 0 Å². The van der Waals surface area contributed by atoms with Crippen molar-refractivity contribution in [2.24, 2.45) is 0 Å². The Morgan fingerprint density at radius 2 is 2.21 bits per heavy atom. The van der Waals surface area contributed by atoms with E-state index in [4.69, 9.17) is 0 Å². The number of aromatic nitrogens is 4. The molecule has 3 aromatic heterocycles. The van der Waals surface area contributed by atoms with Crippen LogP contribution >= 0.6 is 34.4 Å². The zero-order valence-corrected chi connectivity index (χ0v) is 12.7. The first kappa shape index (κ1) is 12.8. The second kappa shape index (κ2) is 5.03. The van der Waals surface area contributed by atoms with Crippen molar-refractivity contribution in [1.29, 1.82) is 0 Å². The van der Waals surface area contributed by atoms with Crippen LogP contribution in [0.25, 0.3) is 4.96 Å². The number of hydrogen-bond acceptors (Lipinski definition) is 7. The van der Waals surface area contributed by atoms with E-state index in [0.29, 0.717) is 5.75 Å². The molecule has 0 N–H and O–H groups in total. The third-order valence-corrected chi connectivity index (χ3v) is 5.43. The minimum Gasteiger partial charge on any atom is -0.269 e. The van der Waals surface area contributed by atoms with Crippen LogP contribution in [-0.4, -0.2) is 19.6 Å². The Kier molecular flexibility index (Phi) is 3.38. The van der Waals surface area contributed by atoms with Crippen LogP contribution in [0, 0.1) is 13.8 Å². The van der Waals surface area contributed by atoms with Crippen LogP contribution in [0.4, 0.5) is 0 Å². The molecule has 0 unspecified atom stereocenters. The summed E-state index contributed by atoms with van der Waals surface area (Å²) >= 11 is 4.59. The molecule has 98 valence electrons. The Morgan fingerprint density at radius 1 is 1.37 bits per heavy atom. The Morgan fingerprint density at radius 3 is 2.95 bits per heavy atom. The number of thioether (sulfide) groups is 1. The van der Waals surface area contributed by atoms with Gasteiger partial charge in [-0.15, -0.1) is 21.5 Å². The third kappa shape index (κ3) is 2.56. The van der Waals surface area contributed by atoms with Crippen LogP contribution in [0.2, 0.25) is 0 Å². The largest absolute Gasteiger partial charge is 0.269 e. The molecule has 0 aliphatic rings. The maximum absolute atomic E-state index is 12.0. The average molecular weight is 310 g/mol. The molecule has 0 aliphatic carbocycles. The number of hydrogen-bond donors (Lipinski definition) is 0. The highest BCUT2D eigenvalue weighted by Crippen LogP contribution is 2.25. The molecule has 0 atom stereocenters. The van der Waals surface area contributed by atoms with Crippen molar-refractivity contribution in [1.82, 2.24) is 19.6 Å². The maximum Gasteiger partial charge on any atom is 0.258 e. The van der Waals surface area contributed by atoms with Gasteiger partial charge in [0.05, 0.1) is 5.69 Å². The smallest absolute Gasteiger partial charge is 0.258 e. The summed E-state index contributed by atoms with van der Waals surface area (Å²) in [6, 6.07) is 1.59. The molecule has 0 aliphatic heterocycles. The van der Waals surface area contributed by atoms with Gasteiger partial charge >= 0.3 is 0 Å². The second-order valence-corrected chi connectivity index (χ2v) is 7.20. The lowest BCUT2D eigenvalue weighted by molar-refractivity contribution is 0.979. The summed E-state index contributed by atoms with van der Waals surface area (Å²) < 4.78 is 2.54. The third-order valence-electron chi connectivity index (χ3n) is 2.48. The number of nitrogens with zero attached hydrogens (tertiary/aromatic N) is 4. The minimum absolute atomic E-state index is 0.0206. The van der Waals surface area contributed by atoms with E-state index in [1.807, 2.05) is 19.2 Å². The maximum atomic E-state index is 12.0. The molecule has 0 amide bonds. The van der Waals surface area contributed by atoms with E-state index in [-0.39, 0.29) is 5.56 Å². The van der Waals surface area contributed by atoms with E-state index < -0.39 is 0 Å². The predicted octanol–water partition coefficient (Wildman–Crippen LogP) is 2.52. The molecule has 19 heavy (non-hydrogen) atoms. The molecule has 0 fully saturated rings. The Hall–Kier alpha value is -1.25. The summed E-state index contributed by atoms with van der Waals surface area (Å²) in [5, 5.41) is 10.9. The molecular weight excluding hydrogens is 300 g/mol. The van der Waals surface area contributed by atoms with Gasteiger partial charge < -0.3 is 0 Å². The topological polar surface area (TPSA) is 60.2 Å². The number of thiazole rings is 1. The summed E-state index contributed by atoms with van der Waals surface area (Å²) in [6.45, 7) is 3.83. The van der Waals surface area contributed by atoms with Gasteiger partial charge in [-0.3, -0.25) is 9.20 Å². The first-order valence-electron chi connectivity index (χ1n) is 5.53. The monoisotopic (exact) mass is 310 g/mol. The van der Waals surface area contributed by atoms with Crippen LogP contribution in [0.1, 0.15) is 16.4 Å². The molecule has 3 rings (SSSR count). The summed E-state index contributed by atoms with van der Waals surface area (Å²) in [6.07, 6.45) is 0. The summed E-state index contributed by atoms with van der Waals surface area (Å²) in [5.74, 6) is 0.636. The number of fused-ring (bicyclic) bond motifs is 1. The van der Waals surface area contributed by atoms with E-state index >= 15 is 0 Å². The first-order valence-corrected chi connectivity index (χ1v) is 8.21. The fourth-order valence-corrected chi connectivity index (χ4v) is 4.25. The zero-order valence-electron chi connectivity index (χ0n) is 10.3. The van der Waals surface area contributed by atoms with Gasteiger partial charge in [0, 0.05) is 22.9 Å². The van der Waals surface area contributed by atoms with Crippen LogP contribution in [0.3, 0.4) is 0 Å². The molecule has 3 aromatic rings. The van der Waals surface area contributed by atoms with E-state index in [2.05, 4.69) is 15.2 Å². The van der Waals surface area contributed by atoms with Gasteiger partial charge in [0.1, 0.15) is 5.01 Å². The van der Waals surface area contributed by atoms with Gasteiger partial charge in [-0.25, -0.2) is 4.98 Å². The average Bonchev–Trinajstić information content (AvgIpc) is 2.94. The quantitative estimate of drug-likeness (QED) is 0.696. The molecule has 0 bridgehead atoms. The van der Waals surface area contributed by atoms with Crippen LogP contribution in [0.5, 0.6) is 0 Å². The zero-order chi connectivity index (χ0) is 13.4. The second-order valence-electron chi connectivity index (χ2n) is 3.96. The molecule has 0 saturated heterocycles. The fourth-order valence-electron chi connectivity index (χ4n) is 1.65. The van der Waals surface area contributed by atoms with Crippen molar-refractivity contribution in [3.05, 3.63) is 38.2 Å². The van der Waals surface area contributed by atoms with Crippen molar-refractivity contribution in [3.8, 4) is 0 Å². The van der Waals surface area contributed by atoms with Crippen LogP contribution in [0.15, 0.2) is 20.6 Å². The van der Waals surface area contributed by atoms with Gasteiger partial charge in [0.15, 0.2) is 9.30 Å². The standard InChI is InChI=1S/C11H10N4OS3/c1-6-4-17-10-12-8(3-9(16)15(6)10)5-18-11-14-13-7(2)19-11/h3-4H,5H2,1-2H3. The van der Waals surface area contributed by atoms with E-state index in [1.165, 1.54) is 11.3 Å². The highest BCUT2D eigenvalue weighted by atomic mass is 32.2. The summed E-state index contributed by atoms with van der Waals surface area (Å²) in [4.78, 5) is 17.2. The lowest BCUT2D eigenvalue weighted by atomic mass is 10.4. The normalized spacial score (nSPS) is 11.3.